The lowest BCUT2D eigenvalue weighted by molar-refractivity contribution is 0.102. The minimum Gasteiger partial charge on any atom is -0.436 e. The van der Waals surface area contributed by atoms with Gasteiger partial charge < -0.3 is 9.73 Å². The first-order valence-corrected chi connectivity index (χ1v) is 9.34. The van der Waals surface area contributed by atoms with Crippen molar-refractivity contribution < 1.29 is 9.21 Å². The van der Waals surface area contributed by atoms with Gasteiger partial charge in [0.2, 0.25) is 5.89 Å². The van der Waals surface area contributed by atoms with Crippen molar-refractivity contribution in [3.8, 4) is 11.5 Å². The van der Waals surface area contributed by atoms with Gasteiger partial charge in [0.1, 0.15) is 5.52 Å². The Balaban J connectivity index is 1.66. The van der Waals surface area contributed by atoms with Crippen molar-refractivity contribution in [1.82, 2.24) is 4.98 Å². The summed E-state index contributed by atoms with van der Waals surface area (Å²) in [6.45, 7) is 4.05. The average molecular weight is 421 g/mol. The molecule has 0 unspecified atom stereocenters. The van der Waals surface area contributed by atoms with Gasteiger partial charge in [-0.1, -0.05) is 24.3 Å². The van der Waals surface area contributed by atoms with E-state index < -0.39 is 0 Å². The lowest BCUT2D eigenvalue weighted by atomic mass is 10.1. The van der Waals surface area contributed by atoms with E-state index in [4.69, 9.17) is 4.42 Å². The second-order valence-corrected chi connectivity index (χ2v) is 7.32. The number of carbonyl (C=O) groups is 1. The van der Waals surface area contributed by atoms with Crippen LogP contribution in [0.15, 0.2) is 69.6 Å². The number of carbonyl (C=O) groups excluding carboxylic acids is 1. The third-order valence-corrected chi connectivity index (χ3v) is 5.00. The first-order chi connectivity index (χ1) is 13.0. The number of nitrogens with one attached hydrogen (secondary N) is 1. The quantitative estimate of drug-likeness (QED) is 0.433. The standard InChI is InChI=1S/C22H17BrN2O2/c1-13-10-14(2)20-19(11-13)25-22(27-20)15-6-5-7-16(12-15)24-21(26)17-8-3-4-9-18(17)23/h3-12H,1-2H3,(H,24,26). The zero-order chi connectivity index (χ0) is 19.0. The fraction of sp³-hybridized carbons (Fsp3) is 0.0909. The van der Waals surface area contributed by atoms with E-state index >= 15 is 0 Å². The average Bonchev–Trinajstić information content (AvgIpc) is 3.06. The maximum atomic E-state index is 12.5. The first kappa shape index (κ1) is 17.5. The van der Waals surface area contributed by atoms with Gasteiger partial charge in [0.15, 0.2) is 5.58 Å². The molecule has 0 radical (unpaired) electrons. The normalized spacial score (nSPS) is 10.9. The van der Waals surface area contributed by atoms with Gasteiger partial charge in [-0.15, -0.1) is 0 Å². The molecule has 1 heterocycles. The van der Waals surface area contributed by atoms with Crippen LogP contribution in [0.5, 0.6) is 0 Å². The molecule has 0 saturated heterocycles. The number of aromatic nitrogens is 1. The number of hydrogen-bond donors (Lipinski definition) is 1. The highest BCUT2D eigenvalue weighted by Crippen LogP contribution is 2.29. The number of nitrogens with zero attached hydrogens (tertiary/aromatic N) is 1. The van der Waals surface area contributed by atoms with E-state index in [1.165, 1.54) is 0 Å². The smallest absolute Gasteiger partial charge is 0.256 e. The Labute approximate surface area is 165 Å². The molecule has 4 rings (SSSR count). The highest BCUT2D eigenvalue weighted by atomic mass is 79.9. The zero-order valence-corrected chi connectivity index (χ0v) is 16.5. The summed E-state index contributed by atoms with van der Waals surface area (Å²) < 4.78 is 6.73. The molecule has 27 heavy (non-hydrogen) atoms. The molecular formula is C22H17BrN2O2. The minimum atomic E-state index is -0.177. The predicted octanol–water partition coefficient (Wildman–Crippen LogP) is 6.13. The van der Waals surface area contributed by atoms with Crippen LogP contribution in [0.25, 0.3) is 22.6 Å². The number of amides is 1. The van der Waals surface area contributed by atoms with Crippen LogP contribution in [-0.2, 0) is 0 Å². The van der Waals surface area contributed by atoms with Crippen LogP contribution in [0.1, 0.15) is 21.5 Å². The Morgan fingerprint density at radius 2 is 1.85 bits per heavy atom. The summed E-state index contributed by atoms with van der Waals surface area (Å²) in [6, 6.07) is 18.9. The van der Waals surface area contributed by atoms with Gasteiger partial charge in [0.25, 0.3) is 5.91 Å². The molecule has 0 aliphatic rings. The third-order valence-electron chi connectivity index (χ3n) is 4.31. The highest BCUT2D eigenvalue weighted by molar-refractivity contribution is 9.10. The summed E-state index contributed by atoms with van der Waals surface area (Å²) >= 11 is 3.41. The summed E-state index contributed by atoms with van der Waals surface area (Å²) in [7, 11) is 0. The molecule has 0 saturated carbocycles. The van der Waals surface area contributed by atoms with Crippen LogP contribution in [0.2, 0.25) is 0 Å². The van der Waals surface area contributed by atoms with Crippen LogP contribution >= 0.6 is 15.9 Å². The van der Waals surface area contributed by atoms with Crippen LogP contribution in [0, 0.1) is 13.8 Å². The molecule has 1 aromatic heterocycles. The Morgan fingerprint density at radius 1 is 1.04 bits per heavy atom. The highest BCUT2D eigenvalue weighted by Gasteiger charge is 2.13. The van der Waals surface area contributed by atoms with Crippen LogP contribution in [-0.4, -0.2) is 10.9 Å². The van der Waals surface area contributed by atoms with Crippen molar-refractivity contribution >= 4 is 38.6 Å². The topological polar surface area (TPSA) is 55.1 Å². The first-order valence-electron chi connectivity index (χ1n) is 8.55. The fourth-order valence-corrected chi connectivity index (χ4v) is 3.54. The van der Waals surface area contributed by atoms with Gasteiger partial charge in [0, 0.05) is 15.7 Å². The number of halogens is 1. The summed E-state index contributed by atoms with van der Waals surface area (Å²) in [5.41, 5.74) is 5.91. The molecule has 0 fully saturated rings. The van der Waals surface area contributed by atoms with E-state index in [-0.39, 0.29) is 5.91 Å². The second kappa shape index (κ2) is 7.00. The molecule has 134 valence electrons. The summed E-state index contributed by atoms with van der Waals surface area (Å²) in [4.78, 5) is 17.1. The number of oxazole rings is 1. The number of rotatable bonds is 3. The lowest BCUT2D eigenvalue weighted by Gasteiger charge is -2.07. The van der Waals surface area contributed by atoms with E-state index in [0.29, 0.717) is 17.1 Å². The lowest BCUT2D eigenvalue weighted by Crippen LogP contribution is -2.12. The summed E-state index contributed by atoms with van der Waals surface area (Å²) in [5.74, 6) is 0.361. The molecule has 0 spiro atoms. The largest absolute Gasteiger partial charge is 0.436 e. The maximum absolute atomic E-state index is 12.5. The molecule has 4 aromatic rings. The summed E-state index contributed by atoms with van der Waals surface area (Å²) in [6.07, 6.45) is 0. The molecule has 5 heteroatoms. The Kier molecular flexibility index (Phi) is 4.54. The SMILES string of the molecule is Cc1cc(C)c2oc(-c3cccc(NC(=O)c4ccccc4Br)c3)nc2c1. The molecule has 1 N–H and O–H groups in total. The van der Waals surface area contributed by atoms with Crippen LogP contribution < -0.4 is 5.32 Å². The van der Waals surface area contributed by atoms with Crippen molar-refractivity contribution in [2.75, 3.05) is 5.32 Å². The van der Waals surface area contributed by atoms with Gasteiger partial charge in [-0.05, 0) is 77.3 Å². The van der Waals surface area contributed by atoms with Gasteiger partial charge in [-0.3, -0.25) is 4.79 Å². The molecule has 4 nitrogen and oxygen atoms in total. The minimum absolute atomic E-state index is 0.177. The molecule has 3 aromatic carbocycles. The monoisotopic (exact) mass is 420 g/mol. The molecule has 0 atom stereocenters. The van der Waals surface area contributed by atoms with Crippen LogP contribution in [0.3, 0.4) is 0 Å². The molecule has 0 bridgehead atoms. The number of hydrogen-bond acceptors (Lipinski definition) is 3. The van der Waals surface area contributed by atoms with E-state index in [0.717, 1.165) is 32.3 Å². The van der Waals surface area contributed by atoms with E-state index in [9.17, 15) is 4.79 Å². The Bertz CT molecular complexity index is 1160. The van der Waals surface area contributed by atoms with Crippen molar-refractivity contribution in [3.63, 3.8) is 0 Å². The van der Waals surface area contributed by atoms with Crippen LogP contribution in [0.4, 0.5) is 5.69 Å². The van der Waals surface area contributed by atoms with Crippen molar-refractivity contribution in [3.05, 3.63) is 81.8 Å². The van der Waals surface area contributed by atoms with Gasteiger partial charge in [-0.2, -0.15) is 0 Å². The van der Waals surface area contributed by atoms with Gasteiger partial charge in [-0.25, -0.2) is 4.98 Å². The third kappa shape index (κ3) is 3.51. The summed E-state index contributed by atoms with van der Waals surface area (Å²) in [5, 5.41) is 2.93. The predicted molar refractivity (Wildman–Crippen MR) is 111 cm³/mol. The zero-order valence-electron chi connectivity index (χ0n) is 14.9. The van der Waals surface area contributed by atoms with E-state index in [1.807, 2.05) is 62.4 Å². The maximum Gasteiger partial charge on any atom is 0.256 e. The van der Waals surface area contributed by atoms with Crippen molar-refractivity contribution in [2.24, 2.45) is 0 Å². The fourth-order valence-electron chi connectivity index (χ4n) is 3.07. The van der Waals surface area contributed by atoms with E-state index in [1.54, 1.807) is 6.07 Å². The number of anilines is 1. The molecule has 0 aliphatic carbocycles. The van der Waals surface area contributed by atoms with Gasteiger partial charge in [0.05, 0.1) is 5.56 Å². The Morgan fingerprint density at radius 3 is 2.67 bits per heavy atom. The molecule has 0 aliphatic heterocycles. The molecular weight excluding hydrogens is 404 g/mol. The number of fused-ring (bicyclic) bond motifs is 1. The van der Waals surface area contributed by atoms with E-state index in [2.05, 4.69) is 32.3 Å². The van der Waals surface area contributed by atoms with Crippen molar-refractivity contribution in [2.45, 2.75) is 13.8 Å². The Hall–Kier alpha value is -2.92. The molecule has 1 amide bonds. The van der Waals surface area contributed by atoms with Crippen molar-refractivity contribution in [1.29, 1.82) is 0 Å². The number of aryl methyl sites for hydroxylation is 2. The second-order valence-electron chi connectivity index (χ2n) is 6.46. The van der Waals surface area contributed by atoms with Gasteiger partial charge >= 0.3 is 0 Å². The number of benzene rings is 3.